The molecule has 1 amide bonds. The van der Waals surface area contributed by atoms with E-state index in [1.807, 2.05) is 66.9 Å². The predicted molar refractivity (Wildman–Crippen MR) is 160 cm³/mol. The number of hydrogen-bond acceptors (Lipinski definition) is 5. The molecule has 0 aliphatic heterocycles. The third-order valence-corrected chi connectivity index (χ3v) is 6.92. The molecule has 0 unspecified atom stereocenters. The molecular formula is C33H34CaFN2O5+. The molecule has 7 nitrogen and oxygen atoms in total. The van der Waals surface area contributed by atoms with Crippen LogP contribution in [-0.2, 0) is 11.3 Å². The van der Waals surface area contributed by atoms with Crippen molar-refractivity contribution in [2.75, 3.05) is 5.32 Å². The number of amides is 1. The zero-order chi connectivity index (χ0) is 29.5. The topological polar surface area (TPSA) is 115 Å². The number of carbonyl (C=O) groups is 2. The maximum atomic E-state index is 14.0. The van der Waals surface area contributed by atoms with Crippen LogP contribution in [0.25, 0.3) is 22.4 Å². The van der Waals surface area contributed by atoms with Crippen molar-refractivity contribution in [2.24, 2.45) is 0 Å². The van der Waals surface area contributed by atoms with E-state index in [0.29, 0.717) is 28.1 Å². The molecule has 0 radical (unpaired) electrons. The van der Waals surface area contributed by atoms with Gasteiger partial charge in [0.05, 0.1) is 23.5 Å². The van der Waals surface area contributed by atoms with Crippen LogP contribution in [0.2, 0.25) is 0 Å². The summed E-state index contributed by atoms with van der Waals surface area (Å²) in [5.41, 5.74) is 4.72. The maximum absolute atomic E-state index is 14.0. The minimum Gasteiger partial charge on any atom is -0.550 e. The van der Waals surface area contributed by atoms with E-state index < -0.39 is 30.4 Å². The molecule has 1 aromatic heterocycles. The number of aliphatic hydroxyl groups is 2. The summed E-state index contributed by atoms with van der Waals surface area (Å²) in [5, 5.41) is 34.6. The summed E-state index contributed by atoms with van der Waals surface area (Å²) in [7, 11) is 0. The smallest absolute Gasteiger partial charge is 0.550 e. The summed E-state index contributed by atoms with van der Waals surface area (Å²) in [6.07, 6.45) is -2.77. The van der Waals surface area contributed by atoms with E-state index in [1.54, 1.807) is 24.3 Å². The SMILES string of the molecule is CC(C)c1c(C(=O)Nc2ccccc2)c(-c2ccccc2)c(-c2ccc(F)cc2)n1CC[C@H](O)C[C@H](O)CC(=O)[O-].[Ca+2]. The van der Waals surface area contributed by atoms with Crippen molar-refractivity contribution in [3.63, 3.8) is 0 Å². The summed E-state index contributed by atoms with van der Waals surface area (Å²) in [6.45, 7) is 4.22. The van der Waals surface area contributed by atoms with Gasteiger partial charge in [-0.1, -0.05) is 62.4 Å². The fraction of sp³-hybridized carbons (Fsp3) is 0.273. The van der Waals surface area contributed by atoms with Gasteiger partial charge in [0, 0.05) is 35.9 Å². The van der Waals surface area contributed by atoms with Crippen molar-refractivity contribution in [1.82, 2.24) is 4.57 Å². The van der Waals surface area contributed by atoms with E-state index in [9.17, 15) is 29.3 Å². The zero-order valence-electron chi connectivity index (χ0n) is 23.8. The second kappa shape index (κ2) is 15.5. The number of carboxylic acid groups (broad SMARTS) is 1. The van der Waals surface area contributed by atoms with Gasteiger partial charge >= 0.3 is 37.7 Å². The number of benzene rings is 3. The van der Waals surface area contributed by atoms with Crippen LogP contribution < -0.4 is 10.4 Å². The molecule has 214 valence electrons. The molecule has 0 bridgehead atoms. The number of aliphatic carboxylic acids is 1. The van der Waals surface area contributed by atoms with Crippen molar-refractivity contribution in [1.29, 1.82) is 0 Å². The predicted octanol–water partition coefficient (Wildman–Crippen LogP) is 4.60. The number of carboxylic acids is 1. The van der Waals surface area contributed by atoms with Crippen LogP contribution in [0.4, 0.5) is 10.1 Å². The first-order chi connectivity index (χ1) is 19.7. The fourth-order valence-electron chi connectivity index (χ4n) is 5.19. The number of para-hydroxylation sites is 1. The molecule has 4 aromatic rings. The number of nitrogens with one attached hydrogen (secondary N) is 1. The molecule has 1 heterocycles. The maximum Gasteiger partial charge on any atom is 2.00 e. The van der Waals surface area contributed by atoms with E-state index in [4.69, 9.17) is 0 Å². The number of anilines is 1. The number of halogens is 1. The third kappa shape index (κ3) is 8.30. The Morgan fingerprint density at radius 2 is 1.48 bits per heavy atom. The van der Waals surface area contributed by atoms with Crippen molar-refractivity contribution in [2.45, 2.75) is 57.8 Å². The minimum absolute atomic E-state index is 0. The number of carbonyl (C=O) groups excluding carboxylic acids is 2. The first-order valence-corrected chi connectivity index (χ1v) is 13.7. The Balaban J connectivity index is 0.00000484. The molecule has 0 aliphatic rings. The van der Waals surface area contributed by atoms with Crippen LogP contribution in [-0.4, -0.2) is 76.6 Å². The number of aliphatic hydroxyl groups excluding tert-OH is 2. The van der Waals surface area contributed by atoms with Crippen molar-refractivity contribution >= 4 is 55.3 Å². The Bertz CT molecular complexity index is 1470. The number of hydrogen-bond donors (Lipinski definition) is 3. The van der Waals surface area contributed by atoms with Crippen molar-refractivity contribution < 1.29 is 29.3 Å². The third-order valence-electron chi connectivity index (χ3n) is 6.92. The van der Waals surface area contributed by atoms with Crippen molar-refractivity contribution in [3.8, 4) is 22.4 Å². The van der Waals surface area contributed by atoms with Gasteiger partial charge in [-0.2, -0.15) is 0 Å². The van der Waals surface area contributed by atoms with Crippen LogP contribution in [0.5, 0.6) is 0 Å². The quantitative estimate of drug-likeness (QED) is 0.207. The van der Waals surface area contributed by atoms with Crippen LogP contribution in [0.3, 0.4) is 0 Å². The molecular weight excluding hydrogens is 563 g/mol. The molecule has 0 saturated heterocycles. The zero-order valence-corrected chi connectivity index (χ0v) is 26.0. The first kappa shape index (κ1) is 33.5. The van der Waals surface area contributed by atoms with Crippen LogP contribution >= 0.6 is 0 Å². The largest absolute Gasteiger partial charge is 2.00 e. The molecule has 2 atom stereocenters. The molecule has 0 fully saturated rings. The van der Waals surface area contributed by atoms with Gasteiger partial charge in [-0.05, 0) is 66.3 Å². The Kier molecular flexibility index (Phi) is 12.3. The van der Waals surface area contributed by atoms with Gasteiger partial charge in [0.2, 0.25) is 0 Å². The summed E-state index contributed by atoms with van der Waals surface area (Å²) in [6, 6.07) is 24.7. The van der Waals surface area contributed by atoms with E-state index >= 15 is 0 Å². The standard InChI is InChI=1S/C33H35FN2O5.Ca/c1-21(2)31-30(33(41)35-25-11-7-4-8-12-25)29(22-9-5-3-6-10-22)32(23-13-15-24(34)16-14-23)36(31)18-17-26(37)19-27(38)20-28(39)40;/h3-16,21,26-27,37-38H,17-20H2,1-2H3,(H,35,41)(H,39,40);/q;+2/p-1/t26-,27-;/m0./s1. The minimum atomic E-state index is -1.39. The Labute approximate surface area is 275 Å². The second-order valence-corrected chi connectivity index (χ2v) is 10.4. The Morgan fingerprint density at radius 3 is 2.05 bits per heavy atom. The normalized spacial score (nSPS) is 12.4. The van der Waals surface area contributed by atoms with Gasteiger partial charge in [-0.15, -0.1) is 0 Å². The first-order valence-electron chi connectivity index (χ1n) is 13.7. The molecule has 9 heteroatoms. The van der Waals surface area contributed by atoms with Gasteiger partial charge < -0.3 is 30.0 Å². The average molecular weight is 598 g/mol. The van der Waals surface area contributed by atoms with E-state index in [0.717, 1.165) is 11.3 Å². The van der Waals surface area contributed by atoms with Crippen LogP contribution in [0.15, 0.2) is 84.9 Å². The van der Waals surface area contributed by atoms with E-state index in [-0.39, 0.29) is 68.9 Å². The van der Waals surface area contributed by atoms with Gasteiger partial charge in [0.25, 0.3) is 5.91 Å². The van der Waals surface area contributed by atoms with E-state index in [1.165, 1.54) is 12.1 Å². The summed E-state index contributed by atoms with van der Waals surface area (Å²) in [4.78, 5) is 24.9. The van der Waals surface area contributed by atoms with Crippen LogP contribution in [0, 0.1) is 5.82 Å². The number of rotatable bonds is 12. The van der Waals surface area contributed by atoms with Gasteiger partial charge in [0.15, 0.2) is 0 Å². The molecule has 0 aliphatic carbocycles. The molecule has 4 rings (SSSR count). The van der Waals surface area contributed by atoms with Crippen molar-refractivity contribution in [3.05, 3.63) is 102 Å². The molecule has 0 saturated carbocycles. The molecule has 0 spiro atoms. The van der Waals surface area contributed by atoms with E-state index in [2.05, 4.69) is 5.32 Å². The molecule has 3 N–H and O–H groups in total. The fourth-order valence-corrected chi connectivity index (χ4v) is 5.19. The second-order valence-electron chi connectivity index (χ2n) is 10.4. The summed E-state index contributed by atoms with van der Waals surface area (Å²) in [5.74, 6) is -2.20. The number of aromatic nitrogens is 1. The monoisotopic (exact) mass is 597 g/mol. The number of nitrogens with zero attached hydrogens (tertiary/aromatic N) is 1. The Hall–Kier alpha value is -3.01. The summed E-state index contributed by atoms with van der Waals surface area (Å²) < 4.78 is 16.0. The van der Waals surface area contributed by atoms with Gasteiger partial charge in [-0.3, -0.25) is 4.79 Å². The van der Waals surface area contributed by atoms with Gasteiger partial charge in [0.1, 0.15) is 5.82 Å². The van der Waals surface area contributed by atoms with Crippen LogP contribution in [0.1, 0.15) is 55.1 Å². The molecule has 42 heavy (non-hydrogen) atoms. The molecule has 3 aromatic carbocycles. The summed E-state index contributed by atoms with van der Waals surface area (Å²) >= 11 is 0. The average Bonchev–Trinajstić information content (AvgIpc) is 3.28. The Morgan fingerprint density at radius 1 is 0.881 bits per heavy atom. The van der Waals surface area contributed by atoms with Gasteiger partial charge in [-0.25, -0.2) is 4.39 Å².